The average molecular weight is 142 g/mol. The molecule has 0 aliphatic carbocycles. The molecule has 0 saturated carbocycles. The zero-order valence-corrected chi connectivity index (χ0v) is 7.00. The summed E-state index contributed by atoms with van der Waals surface area (Å²) >= 11 is 1.75. The smallest absolute Gasteiger partial charge is 0.0289 e. The highest BCUT2D eigenvalue weighted by Crippen LogP contribution is 2.20. The average Bonchev–Trinajstić information content (AvgIpc) is 1.82. The molecule has 0 aromatic carbocycles. The molecule has 0 fully saturated rings. The van der Waals surface area contributed by atoms with Crippen molar-refractivity contribution in [2.45, 2.75) is 25.5 Å². The summed E-state index contributed by atoms with van der Waals surface area (Å²) in [7, 11) is 0. The summed E-state index contributed by atoms with van der Waals surface area (Å²) in [5.41, 5.74) is 1.24. The molecule has 0 saturated heterocycles. The molecule has 0 amide bonds. The van der Waals surface area contributed by atoms with Crippen LogP contribution in [0.15, 0.2) is 24.1 Å². The fraction of sp³-hybridized carbons (Fsp3) is 0.500. The van der Waals surface area contributed by atoms with Gasteiger partial charge in [-0.25, -0.2) is 0 Å². The predicted octanol–water partition coefficient (Wildman–Crippen LogP) is 3.22. The second-order valence-corrected chi connectivity index (χ2v) is 3.22. The molecule has 0 nitrogen and oxygen atoms in total. The first-order valence-corrected chi connectivity index (χ1v) is 4.08. The van der Waals surface area contributed by atoms with E-state index < -0.39 is 0 Å². The first kappa shape index (κ1) is 8.83. The minimum atomic E-state index is 0.572. The third-order valence-corrected chi connectivity index (χ3v) is 2.44. The van der Waals surface area contributed by atoms with Crippen LogP contribution in [0.4, 0.5) is 0 Å². The zero-order chi connectivity index (χ0) is 7.28. The lowest BCUT2D eigenvalue weighted by Crippen LogP contribution is -1.98. The molecule has 0 N–H and O–H groups in total. The second-order valence-electron chi connectivity index (χ2n) is 2.05. The lowest BCUT2D eigenvalue weighted by Gasteiger charge is -2.09. The quantitative estimate of drug-likeness (QED) is 0.543. The summed E-state index contributed by atoms with van der Waals surface area (Å²) in [4.78, 5) is 0. The van der Waals surface area contributed by atoms with E-state index in [1.807, 2.05) is 5.41 Å². The molecule has 1 atom stereocenters. The van der Waals surface area contributed by atoms with Crippen molar-refractivity contribution >= 4 is 11.8 Å². The fourth-order valence-corrected chi connectivity index (χ4v) is 1.33. The van der Waals surface area contributed by atoms with Crippen LogP contribution in [-0.4, -0.2) is 5.25 Å². The molecule has 9 heavy (non-hydrogen) atoms. The summed E-state index contributed by atoms with van der Waals surface area (Å²) < 4.78 is 0. The van der Waals surface area contributed by atoms with Gasteiger partial charge in [0.05, 0.1) is 0 Å². The highest BCUT2D eigenvalue weighted by Gasteiger charge is 2.02. The zero-order valence-electron chi connectivity index (χ0n) is 6.18. The first-order valence-electron chi connectivity index (χ1n) is 3.14. The van der Waals surface area contributed by atoms with Crippen LogP contribution in [0.3, 0.4) is 0 Å². The first-order chi connectivity index (χ1) is 4.22. The van der Waals surface area contributed by atoms with E-state index in [1.165, 1.54) is 5.57 Å². The monoisotopic (exact) mass is 142 g/mol. The van der Waals surface area contributed by atoms with Crippen molar-refractivity contribution in [3.8, 4) is 0 Å². The minimum absolute atomic E-state index is 0.572. The molecule has 0 aliphatic rings. The number of hydrogen-bond acceptors (Lipinski definition) is 1. The third-order valence-electron chi connectivity index (χ3n) is 1.18. The Labute approximate surface area is 62.0 Å². The summed E-state index contributed by atoms with van der Waals surface area (Å²) in [5, 5.41) is 2.45. The SMILES string of the molecule is C=CSC(CC)C(=C)C. The maximum Gasteiger partial charge on any atom is 0.0289 e. The van der Waals surface area contributed by atoms with Crippen molar-refractivity contribution in [1.82, 2.24) is 0 Å². The number of thioether (sulfide) groups is 1. The van der Waals surface area contributed by atoms with E-state index in [-0.39, 0.29) is 0 Å². The van der Waals surface area contributed by atoms with Crippen molar-refractivity contribution in [2.24, 2.45) is 0 Å². The molecular weight excluding hydrogens is 128 g/mol. The van der Waals surface area contributed by atoms with Crippen LogP contribution in [0.1, 0.15) is 20.3 Å². The van der Waals surface area contributed by atoms with Gasteiger partial charge in [-0.2, -0.15) is 0 Å². The predicted molar refractivity (Wildman–Crippen MR) is 46.7 cm³/mol. The Bertz CT molecular complexity index is 105. The van der Waals surface area contributed by atoms with Crippen LogP contribution in [0.25, 0.3) is 0 Å². The largest absolute Gasteiger partial charge is 0.127 e. The van der Waals surface area contributed by atoms with E-state index >= 15 is 0 Å². The van der Waals surface area contributed by atoms with Gasteiger partial charge in [0, 0.05) is 5.25 Å². The molecule has 1 unspecified atom stereocenters. The van der Waals surface area contributed by atoms with E-state index in [2.05, 4.69) is 27.0 Å². The summed E-state index contributed by atoms with van der Waals surface area (Å²) in [5.74, 6) is 0. The molecule has 0 radical (unpaired) electrons. The van der Waals surface area contributed by atoms with Gasteiger partial charge in [-0.15, -0.1) is 11.8 Å². The van der Waals surface area contributed by atoms with Crippen LogP contribution in [-0.2, 0) is 0 Å². The number of rotatable bonds is 4. The van der Waals surface area contributed by atoms with Gasteiger partial charge in [0.15, 0.2) is 0 Å². The maximum atomic E-state index is 3.88. The van der Waals surface area contributed by atoms with Crippen LogP contribution < -0.4 is 0 Å². The molecule has 0 bridgehead atoms. The molecule has 52 valence electrons. The Morgan fingerprint density at radius 1 is 1.78 bits per heavy atom. The molecule has 1 heteroatoms. The summed E-state index contributed by atoms with van der Waals surface area (Å²) in [6.45, 7) is 11.8. The van der Waals surface area contributed by atoms with Gasteiger partial charge >= 0.3 is 0 Å². The van der Waals surface area contributed by atoms with Gasteiger partial charge in [-0.1, -0.05) is 25.7 Å². The molecule has 0 rings (SSSR count). The third kappa shape index (κ3) is 3.41. The highest BCUT2D eigenvalue weighted by molar-refractivity contribution is 8.02. The van der Waals surface area contributed by atoms with Gasteiger partial charge < -0.3 is 0 Å². The Balaban J connectivity index is 3.67. The fourth-order valence-electron chi connectivity index (χ4n) is 0.677. The van der Waals surface area contributed by atoms with E-state index in [9.17, 15) is 0 Å². The van der Waals surface area contributed by atoms with Gasteiger partial charge in [-0.05, 0) is 18.8 Å². The summed E-state index contributed by atoms with van der Waals surface area (Å²) in [6, 6.07) is 0. The standard InChI is InChI=1S/C8H14S/c1-5-8(7(3)4)9-6-2/h6,8H,2-3,5H2,1,4H3. The van der Waals surface area contributed by atoms with Crippen LogP contribution >= 0.6 is 11.8 Å². The topological polar surface area (TPSA) is 0 Å². The second kappa shape index (κ2) is 4.68. The number of hydrogen-bond donors (Lipinski definition) is 0. The van der Waals surface area contributed by atoms with E-state index in [4.69, 9.17) is 0 Å². The van der Waals surface area contributed by atoms with Crippen LogP contribution in [0.5, 0.6) is 0 Å². The lowest BCUT2D eigenvalue weighted by atomic mass is 10.2. The van der Waals surface area contributed by atoms with Crippen molar-refractivity contribution in [1.29, 1.82) is 0 Å². The van der Waals surface area contributed by atoms with E-state index in [0.717, 1.165) is 6.42 Å². The molecule has 0 heterocycles. The van der Waals surface area contributed by atoms with Gasteiger partial charge in [0.2, 0.25) is 0 Å². The van der Waals surface area contributed by atoms with Crippen LogP contribution in [0, 0.1) is 0 Å². The van der Waals surface area contributed by atoms with E-state index in [0.29, 0.717) is 5.25 Å². The van der Waals surface area contributed by atoms with Crippen molar-refractivity contribution in [3.05, 3.63) is 24.1 Å². The Kier molecular flexibility index (Phi) is 4.60. The molecule has 0 aromatic rings. The Morgan fingerprint density at radius 2 is 2.33 bits per heavy atom. The molecule has 0 spiro atoms. The lowest BCUT2D eigenvalue weighted by molar-refractivity contribution is 0.932. The minimum Gasteiger partial charge on any atom is -0.127 e. The maximum absolute atomic E-state index is 3.88. The van der Waals surface area contributed by atoms with E-state index in [1.54, 1.807) is 11.8 Å². The van der Waals surface area contributed by atoms with Crippen molar-refractivity contribution in [3.63, 3.8) is 0 Å². The highest BCUT2D eigenvalue weighted by atomic mass is 32.2. The Morgan fingerprint density at radius 3 is 2.44 bits per heavy atom. The van der Waals surface area contributed by atoms with Gasteiger partial charge in [-0.3, -0.25) is 0 Å². The Hall–Kier alpha value is -0.170. The van der Waals surface area contributed by atoms with Gasteiger partial charge in [0.1, 0.15) is 0 Å². The van der Waals surface area contributed by atoms with Gasteiger partial charge in [0.25, 0.3) is 0 Å². The molecule has 0 aromatic heterocycles. The van der Waals surface area contributed by atoms with Crippen molar-refractivity contribution in [2.75, 3.05) is 0 Å². The normalized spacial score (nSPS) is 12.7. The molecule has 0 aliphatic heterocycles. The van der Waals surface area contributed by atoms with Crippen molar-refractivity contribution < 1.29 is 0 Å². The van der Waals surface area contributed by atoms with Crippen LogP contribution in [0.2, 0.25) is 0 Å². The summed E-state index contributed by atoms with van der Waals surface area (Å²) in [6.07, 6.45) is 1.14. The molecular formula is C8H14S.